The summed E-state index contributed by atoms with van der Waals surface area (Å²) in [5, 5.41) is 0. The van der Waals surface area contributed by atoms with E-state index in [0.29, 0.717) is 5.92 Å². The van der Waals surface area contributed by atoms with Crippen LogP contribution in [0.2, 0.25) is 0 Å². The quantitative estimate of drug-likeness (QED) is 0.485. The van der Waals surface area contributed by atoms with Gasteiger partial charge in [-0.25, -0.2) is 0 Å². The van der Waals surface area contributed by atoms with Gasteiger partial charge in [-0.2, -0.15) is 0 Å². The van der Waals surface area contributed by atoms with Crippen LogP contribution >= 0.6 is 0 Å². The summed E-state index contributed by atoms with van der Waals surface area (Å²) in [5.41, 5.74) is 0. The van der Waals surface area contributed by atoms with Crippen molar-refractivity contribution >= 4 is 0 Å². The Labute approximate surface area is 55.1 Å². The first kappa shape index (κ1) is 5.69. The number of hydrogen-bond acceptors (Lipinski definition) is 2. The lowest BCUT2D eigenvalue weighted by Crippen LogP contribution is -2.12. The fourth-order valence-corrected chi connectivity index (χ4v) is 1.67. The van der Waals surface area contributed by atoms with Crippen LogP contribution in [-0.4, -0.2) is 19.5 Å². The zero-order chi connectivity index (χ0) is 6.27. The van der Waals surface area contributed by atoms with Gasteiger partial charge in [0.05, 0.1) is 13.2 Å². The van der Waals surface area contributed by atoms with Crippen molar-refractivity contribution in [2.24, 2.45) is 11.8 Å². The van der Waals surface area contributed by atoms with Crippen LogP contribution in [0.5, 0.6) is 0 Å². The number of ether oxygens (including phenoxy) is 2. The highest BCUT2D eigenvalue weighted by Crippen LogP contribution is 2.34. The van der Waals surface area contributed by atoms with Gasteiger partial charge in [0.25, 0.3) is 0 Å². The molecule has 2 heteroatoms. The first-order valence-electron chi connectivity index (χ1n) is 3.61. The van der Waals surface area contributed by atoms with Crippen LogP contribution < -0.4 is 0 Å². The molecule has 2 fully saturated rings. The van der Waals surface area contributed by atoms with E-state index in [1.807, 2.05) is 0 Å². The number of fused-ring (bicyclic) bond motifs is 1. The van der Waals surface area contributed by atoms with E-state index in [0.717, 1.165) is 19.1 Å². The van der Waals surface area contributed by atoms with E-state index in [2.05, 4.69) is 6.92 Å². The van der Waals surface area contributed by atoms with Gasteiger partial charge in [0.2, 0.25) is 0 Å². The van der Waals surface area contributed by atoms with Crippen LogP contribution in [0.3, 0.4) is 0 Å². The van der Waals surface area contributed by atoms with E-state index in [9.17, 15) is 0 Å². The van der Waals surface area contributed by atoms with E-state index in [-0.39, 0.29) is 6.29 Å². The lowest BCUT2D eigenvalue weighted by atomic mass is 9.96. The smallest absolute Gasteiger partial charge is 0.160 e. The monoisotopic (exact) mass is 128 g/mol. The molecular weight excluding hydrogens is 116 g/mol. The van der Waals surface area contributed by atoms with Gasteiger partial charge in [-0.15, -0.1) is 0 Å². The molecule has 0 saturated carbocycles. The molecule has 2 nitrogen and oxygen atoms in total. The van der Waals surface area contributed by atoms with Crippen molar-refractivity contribution in [2.45, 2.75) is 19.6 Å². The maximum Gasteiger partial charge on any atom is 0.160 e. The molecule has 2 rings (SSSR count). The molecular formula is C7H12O2. The zero-order valence-electron chi connectivity index (χ0n) is 5.67. The van der Waals surface area contributed by atoms with Crippen molar-refractivity contribution in [3.63, 3.8) is 0 Å². The predicted molar refractivity (Wildman–Crippen MR) is 33.0 cm³/mol. The summed E-state index contributed by atoms with van der Waals surface area (Å²) < 4.78 is 10.7. The minimum Gasteiger partial charge on any atom is -0.352 e. The molecule has 0 aromatic heterocycles. The van der Waals surface area contributed by atoms with Crippen LogP contribution in [0.4, 0.5) is 0 Å². The topological polar surface area (TPSA) is 18.5 Å². The van der Waals surface area contributed by atoms with Crippen LogP contribution in [-0.2, 0) is 9.47 Å². The van der Waals surface area contributed by atoms with Crippen molar-refractivity contribution in [1.82, 2.24) is 0 Å². The predicted octanol–water partition coefficient (Wildman–Crippen LogP) is 1.02. The lowest BCUT2D eigenvalue weighted by molar-refractivity contribution is -0.0905. The minimum atomic E-state index is 0.153. The molecule has 0 N–H and O–H groups in total. The molecule has 9 heavy (non-hydrogen) atoms. The summed E-state index contributed by atoms with van der Waals surface area (Å²) in [6, 6.07) is 0. The maximum absolute atomic E-state index is 5.37. The molecule has 2 heterocycles. The number of rotatable bonds is 0. The van der Waals surface area contributed by atoms with Crippen LogP contribution in [0.1, 0.15) is 13.3 Å². The molecule has 2 saturated heterocycles. The van der Waals surface area contributed by atoms with Crippen molar-refractivity contribution in [1.29, 1.82) is 0 Å². The second-order valence-electron chi connectivity index (χ2n) is 3.00. The highest BCUT2D eigenvalue weighted by molar-refractivity contribution is 4.79. The molecule has 0 radical (unpaired) electrons. The molecule has 0 spiro atoms. The molecule has 52 valence electrons. The number of hydrogen-bond donors (Lipinski definition) is 0. The van der Waals surface area contributed by atoms with Gasteiger partial charge in [0, 0.05) is 5.92 Å². The van der Waals surface area contributed by atoms with Crippen molar-refractivity contribution in [3.8, 4) is 0 Å². The average molecular weight is 128 g/mol. The van der Waals surface area contributed by atoms with Crippen molar-refractivity contribution in [2.75, 3.05) is 13.2 Å². The van der Waals surface area contributed by atoms with Gasteiger partial charge in [-0.05, 0) is 12.3 Å². The fourth-order valence-electron chi connectivity index (χ4n) is 1.67. The molecule has 0 aromatic rings. The molecule has 0 bridgehead atoms. The van der Waals surface area contributed by atoms with Gasteiger partial charge >= 0.3 is 0 Å². The Balaban J connectivity index is 2.07. The molecule has 2 aliphatic rings. The Morgan fingerprint density at radius 1 is 1.33 bits per heavy atom. The van der Waals surface area contributed by atoms with Gasteiger partial charge < -0.3 is 9.47 Å². The van der Waals surface area contributed by atoms with Gasteiger partial charge in [-0.1, -0.05) is 6.92 Å². The first-order chi connectivity index (χ1) is 4.38. The van der Waals surface area contributed by atoms with Crippen LogP contribution in [0, 0.1) is 11.8 Å². The summed E-state index contributed by atoms with van der Waals surface area (Å²) in [5.74, 6) is 1.42. The highest BCUT2D eigenvalue weighted by Gasteiger charge is 2.38. The second kappa shape index (κ2) is 1.96. The van der Waals surface area contributed by atoms with E-state index in [1.165, 1.54) is 6.42 Å². The van der Waals surface area contributed by atoms with Gasteiger partial charge in [-0.3, -0.25) is 0 Å². The van der Waals surface area contributed by atoms with E-state index < -0.39 is 0 Å². The summed E-state index contributed by atoms with van der Waals surface area (Å²) >= 11 is 0. The Bertz CT molecular complexity index is 113. The van der Waals surface area contributed by atoms with Gasteiger partial charge in [0.1, 0.15) is 0 Å². The van der Waals surface area contributed by atoms with E-state index in [1.54, 1.807) is 0 Å². The lowest BCUT2D eigenvalue weighted by Gasteiger charge is -2.07. The van der Waals surface area contributed by atoms with Crippen molar-refractivity contribution < 1.29 is 9.47 Å². The fraction of sp³-hybridized carbons (Fsp3) is 1.00. The third-order valence-electron chi connectivity index (χ3n) is 2.34. The van der Waals surface area contributed by atoms with Crippen LogP contribution in [0.15, 0.2) is 0 Å². The maximum atomic E-state index is 5.37. The molecule has 0 amide bonds. The molecule has 0 aromatic carbocycles. The molecule has 0 aliphatic carbocycles. The first-order valence-corrected chi connectivity index (χ1v) is 3.61. The van der Waals surface area contributed by atoms with E-state index in [4.69, 9.17) is 9.47 Å². The molecule has 1 unspecified atom stereocenters. The summed E-state index contributed by atoms with van der Waals surface area (Å²) in [7, 11) is 0. The minimum absolute atomic E-state index is 0.153. The largest absolute Gasteiger partial charge is 0.352 e. The Morgan fingerprint density at radius 2 is 2.22 bits per heavy atom. The normalized spacial score (nSPS) is 49.7. The highest BCUT2D eigenvalue weighted by atomic mass is 16.7. The Hall–Kier alpha value is -0.0800. The van der Waals surface area contributed by atoms with E-state index >= 15 is 0 Å². The van der Waals surface area contributed by atoms with Crippen molar-refractivity contribution in [3.05, 3.63) is 0 Å². The standard InChI is InChI=1S/C7H12O2/c1-5-4-9-7-6(5)2-3-8-7/h5-7H,2-4H2,1H3/t5-,6?,7+/m0/s1. The van der Waals surface area contributed by atoms with Crippen LogP contribution in [0.25, 0.3) is 0 Å². The second-order valence-corrected chi connectivity index (χ2v) is 3.00. The average Bonchev–Trinajstić information content (AvgIpc) is 2.35. The SMILES string of the molecule is C[C@H]1CO[C@H]2OCCC21. The Morgan fingerprint density at radius 3 is 3.00 bits per heavy atom. The molecule has 2 aliphatic heterocycles. The molecule has 3 atom stereocenters. The van der Waals surface area contributed by atoms with Gasteiger partial charge in [0.15, 0.2) is 6.29 Å². The third kappa shape index (κ3) is 0.775. The Kier molecular flexibility index (Phi) is 1.24. The third-order valence-corrected chi connectivity index (χ3v) is 2.34. The summed E-state index contributed by atoms with van der Waals surface area (Å²) in [6.45, 7) is 4.04. The zero-order valence-corrected chi connectivity index (χ0v) is 5.67. The summed E-state index contributed by atoms with van der Waals surface area (Å²) in [4.78, 5) is 0. The summed E-state index contributed by atoms with van der Waals surface area (Å²) in [6.07, 6.45) is 1.35.